The maximum atomic E-state index is 13.6. The number of carbonyl (C=O) groups excluding carboxylic acids is 2. The zero-order valence-corrected chi connectivity index (χ0v) is 23.7. The SMILES string of the molecule is CCCCCOc1ccc(C2/C(=C(\O)c3ccc(F)cc3)C(=O)C(=O)N2c2nc3ccc(OC)cc3s2)cc1OC. The van der Waals surface area contributed by atoms with Gasteiger partial charge in [-0.25, -0.2) is 9.37 Å². The topological polar surface area (TPSA) is 98.2 Å². The molecule has 0 saturated carbocycles. The molecule has 0 spiro atoms. The third-order valence-electron chi connectivity index (χ3n) is 6.86. The molecule has 1 atom stereocenters. The minimum absolute atomic E-state index is 0.142. The Morgan fingerprint density at radius 3 is 2.49 bits per heavy atom. The fraction of sp³-hybridized carbons (Fsp3) is 0.258. The molecule has 2 heterocycles. The minimum atomic E-state index is -1.04. The third kappa shape index (κ3) is 5.47. The molecule has 41 heavy (non-hydrogen) atoms. The van der Waals surface area contributed by atoms with Crippen LogP contribution in [-0.2, 0) is 9.59 Å². The van der Waals surface area contributed by atoms with Crippen molar-refractivity contribution >= 4 is 44.1 Å². The summed E-state index contributed by atoms with van der Waals surface area (Å²) in [6.07, 6.45) is 2.98. The minimum Gasteiger partial charge on any atom is -0.507 e. The van der Waals surface area contributed by atoms with Crippen molar-refractivity contribution in [2.24, 2.45) is 0 Å². The highest BCUT2D eigenvalue weighted by atomic mass is 32.1. The number of anilines is 1. The van der Waals surface area contributed by atoms with Crippen molar-refractivity contribution in [2.45, 2.75) is 32.2 Å². The van der Waals surface area contributed by atoms with E-state index in [2.05, 4.69) is 11.9 Å². The Bertz CT molecular complexity index is 1630. The lowest BCUT2D eigenvalue weighted by Gasteiger charge is -2.24. The molecule has 1 aliphatic rings. The van der Waals surface area contributed by atoms with Gasteiger partial charge in [0.05, 0.1) is 42.7 Å². The summed E-state index contributed by atoms with van der Waals surface area (Å²) in [5.41, 5.74) is 1.18. The number of rotatable bonds is 10. The maximum Gasteiger partial charge on any atom is 0.301 e. The van der Waals surface area contributed by atoms with E-state index in [1.54, 1.807) is 43.5 Å². The van der Waals surface area contributed by atoms with E-state index in [4.69, 9.17) is 14.2 Å². The van der Waals surface area contributed by atoms with Gasteiger partial charge in [0.2, 0.25) is 0 Å². The van der Waals surface area contributed by atoms with E-state index in [0.717, 1.165) is 24.0 Å². The van der Waals surface area contributed by atoms with Gasteiger partial charge in [0, 0.05) is 5.56 Å². The van der Waals surface area contributed by atoms with Gasteiger partial charge in [-0.1, -0.05) is 37.2 Å². The summed E-state index contributed by atoms with van der Waals surface area (Å²) < 4.78 is 31.2. The highest BCUT2D eigenvalue weighted by molar-refractivity contribution is 7.22. The van der Waals surface area contributed by atoms with Gasteiger partial charge in [-0.05, 0) is 66.6 Å². The number of amides is 1. The van der Waals surface area contributed by atoms with Crippen LogP contribution in [0.3, 0.4) is 0 Å². The van der Waals surface area contributed by atoms with Crippen LogP contribution in [0, 0.1) is 5.82 Å². The lowest BCUT2D eigenvalue weighted by atomic mass is 9.95. The molecule has 3 aromatic carbocycles. The van der Waals surface area contributed by atoms with Crippen molar-refractivity contribution in [2.75, 3.05) is 25.7 Å². The lowest BCUT2D eigenvalue weighted by Crippen LogP contribution is -2.29. The number of halogens is 1. The number of aliphatic hydroxyl groups is 1. The van der Waals surface area contributed by atoms with Crippen LogP contribution < -0.4 is 19.1 Å². The number of nitrogens with zero attached hydrogens (tertiary/aromatic N) is 2. The Kier molecular flexibility index (Phi) is 8.21. The van der Waals surface area contributed by atoms with E-state index in [-0.39, 0.29) is 16.3 Å². The van der Waals surface area contributed by atoms with Crippen LogP contribution in [0.2, 0.25) is 0 Å². The first-order chi connectivity index (χ1) is 19.9. The van der Waals surface area contributed by atoms with E-state index in [1.165, 1.54) is 47.6 Å². The van der Waals surface area contributed by atoms with Gasteiger partial charge in [-0.3, -0.25) is 14.5 Å². The largest absolute Gasteiger partial charge is 0.507 e. The highest BCUT2D eigenvalue weighted by Crippen LogP contribution is 2.46. The summed E-state index contributed by atoms with van der Waals surface area (Å²) in [7, 11) is 3.07. The molecule has 0 aliphatic carbocycles. The van der Waals surface area contributed by atoms with Gasteiger partial charge in [0.15, 0.2) is 16.6 Å². The Morgan fingerprint density at radius 1 is 1.00 bits per heavy atom. The molecular weight excluding hydrogens is 547 g/mol. The normalized spacial score (nSPS) is 16.4. The lowest BCUT2D eigenvalue weighted by molar-refractivity contribution is -0.132. The number of benzene rings is 3. The number of aromatic nitrogens is 1. The van der Waals surface area contributed by atoms with Crippen molar-refractivity contribution in [3.8, 4) is 17.2 Å². The standard InChI is InChI=1S/C31H29FN2O6S/c1-4-5-6-15-40-23-14-9-19(16-24(23)39-3)27-26(28(35)18-7-10-20(32)11-8-18)29(36)30(37)34(27)31-33-22-13-12-21(38-2)17-25(22)41-31/h7-14,16-17,27,35H,4-6,15H2,1-3H3/b28-26+. The molecule has 1 amide bonds. The fourth-order valence-corrected chi connectivity index (χ4v) is 5.76. The molecule has 0 bridgehead atoms. The van der Waals surface area contributed by atoms with Crippen molar-refractivity contribution in [3.63, 3.8) is 0 Å². The highest BCUT2D eigenvalue weighted by Gasteiger charge is 2.48. The summed E-state index contributed by atoms with van der Waals surface area (Å²) in [5, 5.41) is 11.6. The van der Waals surface area contributed by atoms with E-state index < -0.39 is 29.3 Å². The molecular formula is C31H29FN2O6S. The number of unbranched alkanes of at least 4 members (excludes halogenated alkanes) is 2. The predicted octanol–water partition coefficient (Wildman–Crippen LogP) is 6.65. The number of hydrogen-bond acceptors (Lipinski definition) is 8. The third-order valence-corrected chi connectivity index (χ3v) is 7.88. The Morgan fingerprint density at radius 2 is 1.78 bits per heavy atom. The number of Topliss-reactive ketones (excluding diaryl/α,β-unsaturated/α-hetero) is 1. The number of hydrogen-bond donors (Lipinski definition) is 1. The van der Waals surface area contributed by atoms with Gasteiger partial charge in [0.1, 0.15) is 17.3 Å². The van der Waals surface area contributed by atoms with Crippen molar-refractivity contribution in [3.05, 3.63) is 83.2 Å². The molecule has 10 heteroatoms. The number of methoxy groups -OCH3 is 2. The number of fused-ring (bicyclic) bond motifs is 1. The summed E-state index contributed by atoms with van der Waals surface area (Å²) >= 11 is 1.22. The van der Waals surface area contributed by atoms with Gasteiger partial charge in [-0.2, -0.15) is 0 Å². The molecule has 1 N–H and O–H groups in total. The van der Waals surface area contributed by atoms with Gasteiger partial charge in [-0.15, -0.1) is 0 Å². The van der Waals surface area contributed by atoms with E-state index >= 15 is 0 Å². The number of aliphatic hydroxyl groups excluding tert-OH is 1. The van der Waals surface area contributed by atoms with Crippen LogP contribution in [0.4, 0.5) is 9.52 Å². The first-order valence-electron chi connectivity index (χ1n) is 13.2. The maximum absolute atomic E-state index is 13.6. The first-order valence-corrected chi connectivity index (χ1v) is 14.0. The van der Waals surface area contributed by atoms with Crippen molar-refractivity contribution in [1.82, 2.24) is 4.98 Å². The molecule has 1 aromatic heterocycles. The molecule has 8 nitrogen and oxygen atoms in total. The quantitative estimate of drug-likeness (QED) is 0.0977. The number of carbonyl (C=O) groups is 2. The molecule has 1 unspecified atom stereocenters. The zero-order valence-electron chi connectivity index (χ0n) is 22.8. The summed E-state index contributed by atoms with van der Waals surface area (Å²) in [6, 6.07) is 14.5. The van der Waals surface area contributed by atoms with Crippen LogP contribution in [0.1, 0.15) is 43.4 Å². The van der Waals surface area contributed by atoms with E-state index in [1.807, 2.05) is 0 Å². The Labute approximate surface area is 240 Å². The van der Waals surface area contributed by atoms with Gasteiger partial charge < -0.3 is 19.3 Å². The monoisotopic (exact) mass is 576 g/mol. The molecule has 1 fully saturated rings. The molecule has 4 aromatic rings. The average molecular weight is 577 g/mol. The zero-order chi connectivity index (χ0) is 29.1. The van der Waals surface area contributed by atoms with Crippen LogP contribution in [-0.4, -0.2) is 42.6 Å². The number of ketones is 1. The van der Waals surface area contributed by atoms with Crippen LogP contribution >= 0.6 is 11.3 Å². The smallest absolute Gasteiger partial charge is 0.301 e. The molecule has 1 saturated heterocycles. The van der Waals surface area contributed by atoms with Crippen LogP contribution in [0.5, 0.6) is 17.2 Å². The summed E-state index contributed by atoms with van der Waals surface area (Å²) in [5.74, 6) is -1.08. The Hall–Kier alpha value is -4.44. The Balaban J connectivity index is 1.65. The van der Waals surface area contributed by atoms with Gasteiger partial charge in [0.25, 0.3) is 5.78 Å². The van der Waals surface area contributed by atoms with Crippen LogP contribution in [0.25, 0.3) is 16.0 Å². The van der Waals surface area contributed by atoms with Gasteiger partial charge >= 0.3 is 5.91 Å². The second-order valence-electron chi connectivity index (χ2n) is 9.47. The molecule has 5 rings (SSSR count). The fourth-order valence-electron chi connectivity index (χ4n) is 4.74. The molecule has 1 aliphatic heterocycles. The second-order valence-corrected chi connectivity index (χ2v) is 10.5. The predicted molar refractivity (Wildman–Crippen MR) is 155 cm³/mol. The number of thiazole rings is 1. The van der Waals surface area contributed by atoms with E-state index in [9.17, 15) is 19.1 Å². The molecule has 212 valence electrons. The van der Waals surface area contributed by atoms with Crippen molar-refractivity contribution < 1.29 is 33.3 Å². The van der Waals surface area contributed by atoms with E-state index in [0.29, 0.717) is 34.9 Å². The second kappa shape index (κ2) is 12.0. The number of ether oxygens (including phenoxy) is 3. The van der Waals surface area contributed by atoms with Crippen LogP contribution in [0.15, 0.2) is 66.2 Å². The first kappa shape index (κ1) is 28.1. The van der Waals surface area contributed by atoms with Crippen molar-refractivity contribution in [1.29, 1.82) is 0 Å². The summed E-state index contributed by atoms with van der Waals surface area (Å²) in [4.78, 5) is 33.0. The molecule has 0 radical (unpaired) electrons. The summed E-state index contributed by atoms with van der Waals surface area (Å²) in [6.45, 7) is 2.63. The average Bonchev–Trinajstić information content (AvgIpc) is 3.52.